The summed E-state index contributed by atoms with van der Waals surface area (Å²) in [6.45, 7) is 3.59. The van der Waals surface area contributed by atoms with Gasteiger partial charge in [-0.05, 0) is 13.3 Å². The van der Waals surface area contributed by atoms with Crippen LogP contribution in [0.4, 0.5) is 0 Å². The van der Waals surface area contributed by atoms with Gasteiger partial charge in [0.05, 0.1) is 12.7 Å². The zero-order valence-corrected chi connectivity index (χ0v) is 9.39. The number of amides is 1. The van der Waals surface area contributed by atoms with Crippen molar-refractivity contribution in [3.8, 4) is 0 Å². The Kier molecular flexibility index (Phi) is 5.21. The van der Waals surface area contributed by atoms with Crippen LogP contribution in [0.15, 0.2) is 18.3 Å². The Bertz CT molecular complexity index is 358. The summed E-state index contributed by atoms with van der Waals surface area (Å²) in [5, 5.41) is 10.3. The van der Waals surface area contributed by atoms with Gasteiger partial charge in [-0.2, -0.15) is 0 Å². The summed E-state index contributed by atoms with van der Waals surface area (Å²) in [7, 11) is 0. The SMILES string of the molecule is C/C=C/CCNC(=O)c1cn(CCN)nn1. The molecule has 3 N–H and O–H groups in total. The maximum Gasteiger partial charge on any atom is 0.273 e. The number of rotatable bonds is 6. The molecule has 0 spiro atoms. The molecule has 0 saturated carbocycles. The Morgan fingerprint density at radius 3 is 3.19 bits per heavy atom. The molecule has 0 fully saturated rings. The van der Waals surface area contributed by atoms with Crippen molar-refractivity contribution in [2.24, 2.45) is 5.73 Å². The first-order chi connectivity index (χ1) is 7.77. The van der Waals surface area contributed by atoms with Gasteiger partial charge in [0.15, 0.2) is 5.69 Å². The average molecular weight is 223 g/mol. The van der Waals surface area contributed by atoms with Crippen LogP contribution in [-0.2, 0) is 6.54 Å². The fourth-order valence-electron chi connectivity index (χ4n) is 1.17. The number of carbonyl (C=O) groups is 1. The van der Waals surface area contributed by atoms with Gasteiger partial charge in [-0.1, -0.05) is 17.4 Å². The molecular weight excluding hydrogens is 206 g/mol. The van der Waals surface area contributed by atoms with E-state index in [2.05, 4.69) is 15.6 Å². The normalized spacial score (nSPS) is 10.9. The van der Waals surface area contributed by atoms with E-state index in [-0.39, 0.29) is 5.91 Å². The van der Waals surface area contributed by atoms with Crippen LogP contribution in [0.3, 0.4) is 0 Å². The number of hydrogen-bond acceptors (Lipinski definition) is 4. The van der Waals surface area contributed by atoms with Crippen molar-refractivity contribution in [1.82, 2.24) is 20.3 Å². The van der Waals surface area contributed by atoms with Crippen LogP contribution in [0.1, 0.15) is 23.8 Å². The molecule has 0 atom stereocenters. The Hall–Kier alpha value is -1.69. The molecule has 0 aliphatic heterocycles. The van der Waals surface area contributed by atoms with E-state index in [9.17, 15) is 4.79 Å². The fourth-order valence-corrected chi connectivity index (χ4v) is 1.17. The van der Waals surface area contributed by atoms with Gasteiger partial charge in [0.2, 0.25) is 0 Å². The standard InChI is InChI=1S/C10H17N5O/c1-2-3-4-6-12-10(16)9-8-15(7-5-11)14-13-9/h2-3,8H,4-7,11H2,1H3,(H,12,16)/b3-2+. The monoisotopic (exact) mass is 223 g/mol. The number of carbonyl (C=O) groups excluding carboxylic acids is 1. The van der Waals surface area contributed by atoms with Gasteiger partial charge >= 0.3 is 0 Å². The van der Waals surface area contributed by atoms with Crippen LogP contribution in [0.25, 0.3) is 0 Å². The lowest BCUT2D eigenvalue weighted by molar-refractivity contribution is 0.0949. The second-order valence-electron chi connectivity index (χ2n) is 3.27. The number of hydrogen-bond donors (Lipinski definition) is 2. The first-order valence-electron chi connectivity index (χ1n) is 5.27. The van der Waals surface area contributed by atoms with E-state index >= 15 is 0 Å². The summed E-state index contributed by atoms with van der Waals surface area (Å²) in [5.41, 5.74) is 5.69. The molecule has 1 amide bonds. The quantitative estimate of drug-likeness (QED) is 0.522. The molecule has 1 aromatic rings. The first kappa shape index (κ1) is 12.4. The Balaban J connectivity index is 2.40. The van der Waals surface area contributed by atoms with Crippen molar-refractivity contribution >= 4 is 5.91 Å². The summed E-state index contributed by atoms with van der Waals surface area (Å²) in [4.78, 5) is 11.5. The molecule has 0 aliphatic rings. The molecule has 16 heavy (non-hydrogen) atoms. The number of allylic oxidation sites excluding steroid dienone is 1. The van der Waals surface area contributed by atoms with E-state index in [0.717, 1.165) is 6.42 Å². The second kappa shape index (κ2) is 6.73. The van der Waals surface area contributed by atoms with Crippen molar-refractivity contribution < 1.29 is 4.79 Å². The lowest BCUT2D eigenvalue weighted by atomic mass is 10.3. The molecule has 0 aliphatic carbocycles. The third kappa shape index (κ3) is 3.82. The highest BCUT2D eigenvalue weighted by Crippen LogP contribution is 1.93. The van der Waals surface area contributed by atoms with Crippen LogP contribution < -0.4 is 11.1 Å². The van der Waals surface area contributed by atoms with Gasteiger partial charge in [0.1, 0.15) is 0 Å². The molecule has 0 saturated heterocycles. The van der Waals surface area contributed by atoms with E-state index in [4.69, 9.17) is 5.73 Å². The van der Waals surface area contributed by atoms with Gasteiger partial charge in [-0.25, -0.2) is 0 Å². The van der Waals surface area contributed by atoms with Crippen molar-refractivity contribution in [2.75, 3.05) is 13.1 Å². The zero-order chi connectivity index (χ0) is 11.8. The third-order valence-electron chi connectivity index (χ3n) is 1.96. The van der Waals surface area contributed by atoms with E-state index < -0.39 is 0 Å². The minimum atomic E-state index is -0.201. The minimum Gasteiger partial charge on any atom is -0.350 e. The lowest BCUT2D eigenvalue weighted by Crippen LogP contribution is -2.24. The second-order valence-corrected chi connectivity index (χ2v) is 3.27. The minimum absolute atomic E-state index is 0.201. The van der Waals surface area contributed by atoms with Crippen LogP contribution in [0.2, 0.25) is 0 Å². The number of aromatic nitrogens is 3. The molecule has 0 radical (unpaired) electrons. The van der Waals surface area contributed by atoms with Gasteiger partial charge in [-0.3, -0.25) is 9.48 Å². The van der Waals surface area contributed by atoms with Gasteiger partial charge in [0.25, 0.3) is 5.91 Å². The largest absolute Gasteiger partial charge is 0.350 e. The Morgan fingerprint density at radius 2 is 2.50 bits per heavy atom. The molecule has 0 unspecified atom stereocenters. The van der Waals surface area contributed by atoms with Gasteiger partial charge < -0.3 is 11.1 Å². The molecule has 1 aromatic heterocycles. The highest BCUT2D eigenvalue weighted by Gasteiger charge is 2.08. The molecule has 1 heterocycles. The predicted molar refractivity (Wildman–Crippen MR) is 60.8 cm³/mol. The maximum absolute atomic E-state index is 11.5. The highest BCUT2D eigenvalue weighted by atomic mass is 16.1. The highest BCUT2D eigenvalue weighted by molar-refractivity contribution is 5.91. The van der Waals surface area contributed by atoms with E-state index in [1.807, 2.05) is 19.1 Å². The van der Waals surface area contributed by atoms with Crippen LogP contribution >= 0.6 is 0 Å². The molecule has 88 valence electrons. The first-order valence-corrected chi connectivity index (χ1v) is 5.27. The number of nitrogens with two attached hydrogens (primary N) is 1. The fraction of sp³-hybridized carbons (Fsp3) is 0.500. The van der Waals surface area contributed by atoms with Crippen LogP contribution in [0, 0.1) is 0 Å². The van der Waals surface area contributed by atoms with Crippen molar-refractivity contribution in [2.45, 2.75) is 19.9 Å². The Morgan fingerprint density at radius 1 is 1.69 bits per heavy atom. The summed E-state index contributed by atoms with van der Waals surface area (Å²) in [6.07, 6.45) is 6.35. The lowest BCUT2D eigenvalue weighted by Gasteiger charge is -1.98. The van der Waals surface area contributed by atoms with Gasteiger partial charge in [-0.15, -0.1) is 5.10 Å². The van der Waals surface area contributed by atoms with Crippen molar-refractivity contribution in [3.63, 3.8) is 0 Å². The topological polar surface area (TPSA) is 85.8 Å². The molecule has 6 nitrogen and oxygen atoms in total. The van der Waals surface area contributed by atoms with Crippen molar-refractivity contribution in [1.29, 1.82) is 0 Å². The summed E-state index contributed by atoms with van der Waals surface area (Å²) in [6, 6.07) is 0. The van der Waals surface area contributed by atoms with E-state index in [1.54, 1.807) is 10.9 Å². The smallest absolute Gasteiger partial charge is 0.273 e. The Labute approximate surface area is 94.5 Å². The van der Waals surface area contributed by atoms with Crippen molar-refractivity contribution in [3.05, 3.63) is 24.0 Å². The van der Waals surface area contributed by atoms with E-state index in [1.165, 1.54) is 0 Å². The molecule has 1 rings (SSSR count). The van der Waals surface area contributed by atoms with E-state index in [0.29, 0.717) is 25.3 Å². The molecule has 6 heteroatoms. The summed E-state index contributed by atoms with van der Waals surface area (Å²) < 4.78 is 1.56. The maximum atomic E-state index is 11.5. The predicted octanol–water partition coefficient (Wildman–Crippen LogP) is -0.0672. The number of nitrogens with one attached hydrogen (secondary N) is 1. The number of nitrogens with zero attached hydrogens (tertiary/aromatic N) is 3. The molecular formula is C10H17N5O. The summed E-state index contributed by atoms with van der Waals surface area (Å²) >= 11 is 0. The molecule has 0 bridgehead atoms. The van der Waals surface area contributed by atoms with Crippen LogP contribution in [0.5, 0.6) is 0 Å². The van der Waals surface area contributed by atoms with Gasteiger partial charge in [0, 0.05) is 13.1 Å². The summed E-state index contributed by atoms with van der Waals surface area (Å²) in [5.74, 6) is -0.201. The average Bonchev–Trinajstić information content (AvgIpc) is 2.73. The van der Waals surface area contributed by atoms with Crippen LogP contribution in [-0.4, -0.2) is 34.0 Å². The zero-order valence-electron chi connectivity index (χ0n) is 9.39. The molecule has 0 aromatic carbocycles. The third-order valence-corrected chi connectivity index (χ3v) is 1.96.